The SMILES string of the molecule is CCCCCCCCCCCC(=O)Oc1cc2c(cc1OC(=O)CCCCCCCCCCC)C1NC(=O)C2NC1=O. The first-order chi connectivity index (χ1) is 20.4. The van der Waals surface area contributed by atoms with Crippen molar-refractivity contribution in [1.29, 1.82) is 0 Å². The third kappa shape index (κ3) is 10.7. The predicted molar refractivity (Wildman–Crippen MR) is 163 cm³/mol. The van der Waals surface area contributed by atoms with Crippen LogP contribution in [0.3, 0.4) is 0 Å². The molecule has 2 amide bonds. The van der Waals surface area contributed by atoms with Crippen LogP contribution in [0.5, 0.6) is 11.5 Å². The van der Waals surface area contributed by atoms with Crippen molar-refractivity contribution in [2.75, 3.05) is 0 Å². The van der Waals surface area contributed by atoms with Gasteiger partial charge in [0.1, 0.15) is 12.1 Å². The van der Waals surface area contributed by atoms with E-state index in [9.17, 15) is 19.2 Å². The van der Waals surface area contributed by atoms with E-state index in [4.69, 9.17) is 9.47 Å². The summed E-state index contributed by atoms with van der Waals surface area (Å²) >= 11 is 0. The Kier molecular flexibility index (Phi) is 14.9. The lowest BCUT2D eigenvalue weighted by molar-refractivity contribution is -0.138. The monoisotopic (exact) mass is 584 g/mol. The molecule has 42 heavy (non-hydrogen) atoms. The number of amides is 2. The molecule has 0 aromatic heterocycles. The lowest BCUT2D eigenvalue weighted by atomic mass is 9.85. The molecule has 8 nitrogen and oxygen atoms in total. The molecule has 0 radical (unpaired) electrons. The molecular weight excluding hydrogens is 532 g/mol. The van der Waals surface area contributed by atoms with Crippen molar-refractivity contribution in [3.8, 4) is 11.5 Å². The molecule has 234 valence electrons. The predicted octanol–water partition coefficient (Wildman–Crippen LogP) is 7.68. The summed E-state index contributed by atoms with van der Waals surface area (Å²) in [6.07, 6.45) is 21.2. The second-order valence-electron chi connectivity index (χ2n) is 11.9. The Morgan fingerprint density at radius 3 is 1.19 bits per heavy atom. The Bertz CT molecular complexity index is 958. The highest BCUT2D eigenvalue weighted by molar-refractivity contribution is 6.01. The molecule has 0 aliphatic carbocycles. The topological polar surface area (TPSA) is 111 Å². The van der Waals surface area contributed by atoms with Gasteiger partial charge in [-0.3, -0.25) is 19.2 Å². The number of rotatable bonds is 22. The molecule has 1 aromatic carbocycles. The molecule has 0 saturated carbocycles. The van der Waals surface area contributed by atoms with Gasteiger partial charge in [-0.05, 0) is 36.1 Å². The van der Waals surface area contributed by atoms with Crippen molar-refractivity contribution in [3.63, 3.8) is 0 Å². The van der Waals surface area contributed by atoms with E-state index in [1.54, 1.807) is 12.1 Å². The Hall–Kier alpha value is -2.90. The van der Waals surface area contributed by atoms with Gasteiger partial charge in [-0.1, -0.05) is 117 Å². The summed E-state index contributed by atoms with van der Waals surface area (Å²) in [6.45, 7) is 4.43. The number of ether oxygens (including phenoxy) is 2. The van der Waals surface area contributed by atoms with Crippen LogP contribution in [-0.2, 0) is 19.2 Å². The zero-order chi connectivity index (χ0) is 30.2. The van der Waals surface area contributed by atoms with Crippen LogP contribution < -0.4 is 20.1 Å². The minimum Gasteiger partial charge on any atom is -0.423 e. The maximum Gasteiger partial charge on any atom is 0.311 e. The summed E-state index contributed by atoms with van der Waals surface area (Å²) in [5, 5.41) is 5.38. The fourth-order valence-electron chi connectivity index (χ4n) is 5.78. The van der Waals surface area contributed by atoms with E-state index >= 15 is 0 Å². The molecule has 1 fully saturated rings. The molecule has 2 unspecified atom stereocenters. The van der Waals surface area contributed by atoms with Crippen molar-refractivity contribution >= 4 is 23.8 Å². The minimum absolute atomic E-state index is 0.115. The maximum atomic E-state index is 12.7. The third-order valence-electron chi connectivity index (χ3n) is 8.29. The second-order valence-corrected chi connectivity index (χ2v) is 11.9. The van der Waals surface area contributed by atoms with E-state index in [0.717, 1.165) is 38.5 Å². The van der Waals surface area contributed by atoms with Gasteiger partial charge >= 0.3 is 11.9 Å². The molecule has 1 aromatic rings. The van der Waals surface area contributed by atoms with Gasteiger partial charge in [-0.25, -0.2) is 0 Å². The number of hydrogen-bond donors (Lipinski definition) is 2. The van der Waals surface area contributed by atoms with E-state index in [2.05, 4.69) is 24.5 Å². The lowest BCUT2D eigenvalue weighted by Crippen LogP contribution is -2.57. The van der Waals surface area contributed by atoms with Gasteiger partial charge in [0.15, 0.2) is 11.5 Å². The Morgan fingerprint density at radius 1 is 0.548 bits per heavy atom. The van der Waals surface area contributed by atoms with Crippen molar-refractivity contribution < 1.29 is 28.7 Å². The number of carbonyl (C=O) groups excluding carboxylic acids is 4. The van der Waals surface area contributed by atoms with E-state index in [1.807, 2.05) is 0 Å². The summed E-state index contributed by atoms with van der Waals surface area (Å²) < 4.78 is 11.4. The lowest BCUT2D eigenvalue weighted by Gasteiger charge is -2.38. The first-order valence-corrected chi connectivity index (χ1v) is 16.6. The fourth-order valence-corrected chi connectivity index (χ4v) is 5.78. The van der Waals surface area contributed by atoms with Crippen LogP contribution in [0, 0.1) is 0 Å². The smallest absolute Gasteiger partial charge is 0.311 e. The molecule has 4 rings (SSSR count). The van der Waals surface area contributed by atoms with Gasteiger partial charge in [-0.2, -0.15) is 0 Å². The first-order valence-electron chi connectivity index (χ1n) is 16.6. The Labute approximate surface area is 252 Å². The van der Waals surface area contributed by atoms with Crippen LogP contribution in [0.1, 0.15) is 165 Å². The summed E-state index contributed by atoms with van der Waals surface area (Å²) in [6, 6.07) is 1.42. The second kappa shape index (κ2) is 18.6. The van der Waals surface area contributed by atoms with Gasteiger partial charge in [0.2, 0.25) is 11.8 Å². The number of benzene rings is 1. The fraction of sp³-hybridized carbons (Fsp3) is 0.706. The summed E-state index contributed by atoms with van der Waals surface area (Å²) in [5.74, 6) is -1.19. The van der Waals surface area contributed by atoms with Gasteiger partial charge in [0.05, 0.1) is 0 Å². The van der Waals surface area contributed by atoms with Crippen LogP contribution in [-0.4, -0.2) is 23.8 Å². The molecule has 2 atom stereocenters. The average molecular weight is 585 g/mol. The van der Waals surface area contributed by atoms with E-state index in [1.165, 1.54) is 77.0 Å². The van der Waals surface area contributed by atoms with Crippen molar-refractivity contribution in [1.82, 2.24) is 10.6 Å². The minimum atomic E-state index is -0.862. The van der Waals surface area contributed by atoms with E-state index in [0.29, 0.717) is 11.1 Å². The van der Waals surface area contributed by atoms with Crippen molar-refractivity contribution in [2.45, 2.75) is 154 Å². The summed E-state index contributed by atoms with van der Waals surface area (Å²) in [4.78, 5) is 50.3. The number of esters is 2. The normalized spacial score (nSPS) is 17.0. The zero-order valence-corrected chi connectivity index (χ0v) is 25.9. The van der Waals surface area contributed by atoms with Crippen LogP contribution in [0.15, 0.2) is 12.1 Å². The van der Waals surface area contributed by atoms with Gasteiger partial charge < -0.3 is 20.1 Å². The van der Waals surface area contributed by atoms with Gasteiger partial charge in [-0.15, -0.1) is 0 Å². The molecule has 0 spiro atoms. The molecular formula is C34H52N2O6. The van der Waals surface area contributed by atoms with E-state index < -0.39 is 24.0 Å². The van der Waals surface area contributed by atoms with Crippen LogP contribution in [0.25, 0.3) is 0 Å². The molecule has 3 aliphatic rings. The van der Waals surface area contributed by atoms with Gasteiger partial charge in [0, 0.05) is 12.8 Å². The number of fused-ring (bicyclic) bond motifs is 2. The number of carbonyl (C=O) groups is 4. The molecule has 1 saturated heterocycles. The Balaban J connectivity index is 1.52. The Morgan fingerprint density at radius 2 is 0.857 bits per heavy atom. The van der Waals surface area contributed by atoms with Crippen LogP contribution in [0.4, 0.5) is 0 Å². The van der Waals surface area contributed by atoms with Crippen molar-refractivity contribution in [2.24, 2.45) is 0 Å². The largest absolute Gasteiger partial charge is 0.423 e. The zero-order valence-electron chi connectivity index (χ0n) is 25.9. The number of nitrogens with one attached hydrogen (secondary N) is 2. The third-order valence-corrected chi connectivity index (χ3v) is 8.29. The molecule has 3 aliphatic heterocycles. The van der Waals surface area contributed by atoms with Gasteiger partial charge in [0.25, 0.3) is 0 Å². The molecule has 2 bridgehead atoms. The molecule has 3 heterocycles. The van der Waals surface area contributed by atoms with Crippen LogP contribution >= 0.6 is 0 Å². The first kappa shape index (κ1) is 33.6. The quantitative estimate of drug-likeness (QED) is 0.0821. The standard InChI is InChI=1S/C34H52N2O6/c1-3-5-7-9-11-13-15-17-19-21-29(37)41-27-23-25-26(32-34(40)35-31(25)33(39)36-32)24-28(27)42-30(38)22-20-18-16-14-12-10-8-6-4-2/h23-24,31-32H,3-22H2,1-2H3,(H,35,40)(H,36,39). The number of hydrogen-bond acceptors (Lipinski definition) is 6. The molecule has 2 N–H and O–H groups in total. The average Bonchev–Trinajstić information content (AvgIpc) is 2.96. The maximum absolute atomic E-state index is 12.7. The van der Waals surface area contributed by atoms with Crippen LogP contribution in [0.2, 0.25) is 0 Å². The van der Waals surface area contributed by atoms with Crippen molar-refractivity contribution in [3.05, 3.63) is 23.3 Å². The summed E-state index contributed by atoms with van der Waals surface area (Å²) in [5.41, 5.74) is 1.13. The highest BCUT2D eigenvalue weighted by Crippen LogP contribution is 2.42. The number of unbranched alkanes of at least 4 members (excludes halogenated alkanes) is 16. The summed E-state index contributed by atoms with van der Waals surface area (Å²) in [7, 11) is 0. The highest BCUT2D eigenvalue weighted by atomic mass is 16.6. The molecule has 8 heteroatoms. The van der Waals surface area contributed by atoms with E-state index in [-0.39, 0.29) is 36.2 Å². The highest BCUT2D eigenvalue weighted by Gasteiger charge is 2.44. The number of piperazine rings is 1.